The molecule has 3 heterocycles. The molecule has 2 atom stereocenters. The first-order valence-corrected chi connectivity index (χ1v) is 11.4. The topological polar surface area (TPSA) is 33.1 Å². The molecule has 0 bridgehead atoms. The first-order chi connectivity index (χ1) is 14.2. The normalized spacial score (nSPS) is 22.2. The Balaban J connectivity index is 1.62. The first-order valence-electron chi connectivity index (χ1n) is 10.2. The fraction of sp³-hybridized carbons (Fsp3) is 0.304. The third-order valence-electron chi connectivity index (χ3n) is 6.02. The van der Waals surface area contributed by atoms with Gasteiger partial charge < -0.3 is 14.8 Å². The van der Waals surface area contributed by atoms with Crippen molar-refractivity contribution < 1.29 is 0 Å². The molecule has 6 heteroatoms. The van der Waals surface area contributed by atoms with E-state index in [-0.39, 0.29) is 12.1 Å². The Labute approximate surface area is 185 Å². The van der Waals surface area contributed by atoms with E-state index in [4.69, 9.17) is 12.2 Å². The van der Waals surface area contributed by atoms with Crippen LogP contribution in [0.3, 0.4) is 0 Å². The summed E-state index contributed by atoms with van der Waals surface area (Å²) in [6.45, 7) is 0. The van der Waals surface area contributed by atoms with Gasteiger partial charge in [0.2, 0.25) is 0 Å². The predicted octanol–water partition coefficient (Wildman–Crippen LogP) is 5.55. The largest absolute Gasteiger partial charge is 0.352 e. The smallest absolute Gasteiger partial charge is 0.170 e. The van der Waals surface area contributed by atoms with Gasteiger partial charge in [-0.2, -0.15) is 0 Å². The van der Waals surface area contributed by atoms with Gasteiger partial charge in [-0.1, -0.05) is 40.9 Å². The molecule has 0 unspecified atom stereocenters. The van der Waals surface area contributed by atoms with Crippen LogP contribution in [0.1, 0.15) is 49.2 Å². The van der Waals surface area contributed by atoms with E-state index in [2.05, 4.69) is 90.4 Å². The molecular weight excluding hydrogens is 444 g/mol. The molecule has 2 aliphatic rings. The Bertz CT molecular complexity index is 1010. The van der Waals surface area contributed by atoms with Crippen molar-refractivity contribution in [3.8, 4) is 5.69 Å². The fourth-order valence-electron chi connectivity index (χ4n) is 4.75. The summed E-state index contributed by atoms with van der Waals surface area (Å²) >= 11 is 9.47. The van der Waals surface area contributed by atoms with Gasteiger partial charge in [-0.25, -0.2) is 0 Å². The number of hydrogen-bond donors (Lipinski definition) is 1. The lowest BCUT2D eigenvalue weighted by Gasteiger charge is -2.33. The molecule has 2 aromatic heterocycles. The summed E-state index contributed by atoms with van der Waals surface area (Å²) < 4.78 is 3.35. The van der Waals surface area contributed by atoms with E-state index >= 15 is 0 Å². The SMILES string of the molecule is S=C1N[C@@H](c2ccccn2)[C@@H](c2cccn2-c2cccc(Br)c2)N1C1CCCC1. The fourth-order valence-corrected chi connectivity index (χ4v) is 5.53. The number of nitrogens with zero attached hydrogens (tertiary/aromatic N) is 3. The standard InChI is InChI=1S/C23H23BrN4S/c24-16-7-5-10-18(15-16)27-14-6-12-20(27)22-21(19-11-3-4-13-25-19)26-23(29)28(22)17-8-1-2-9-17/h3-7,10-15,17,21-22H,1-2,8-9H2,(H,26,29)/t21-,22+/m0/s1. The quantitative estimate of drug-likeness (QED) is 0.510. The number of halogens is 1. The molecule has 5 rings (SSSR count). The van der Waals surface area contributed by atoms with Gasteiger partial charge >= 0.3 is 0 Å². The second-order valence-electron chi connectivity index (χ2n) is 7.76. The lowest BCUT2D eigenvalue weighted by Crippen LogP contribution is -2.38. The van der Waals surface area contributed by atoms with Gasteiger partial charge in [0.25, 0.3) is 0 Å². The Hall–Kier alpha value is -2.18. The van der Waals surface area contributed by atoms with E-state index in [1.165, 1.54) is 31.4 Å². The molecule has 0 radical (unpaired) electrons. The lowest BCUT2D eigenvalue weighted by atomic mass is 9.99. The Morgan fingerprint density at radius 3 is 2.66 bits per heavy atom. The second-order valence-corrected chi connectivity index (χ2v) is 9.06. The summed E-state index contributed by atoms with van der Waals surface area (Å²) in [5.74, 6) is 0. The molecule has 1 saturated carbocycles. The zero-order valence-corrected chi connectivity index (χ0v) is 18.4. The van der Waals surface area contributed by atoms with Crippen LogP contribution >= 0.6 is 28.1 Å². The van der Waals surface area contributed by atoms with E-state index < -0.39 is 0 Å². The molecule has 1 saturated heterocycles. The van der Waals surface area contributed by atoms with Crippen LogP contribution in [0.25, 0.3) is 5.69 Å². The number of rotatable bonds is 4. The van der Waals surface area contributed by atoms with Crippen LogP contribution < -0.4 is 5.32 Å². The van der Waals surface area contributed by atoms with Crippen LogP contribution in [-0.2, 0) is 0 Å². The summed E-state index contributed by atoms with van der Waals surface area (Å²) in [7, 11) is 0. The Kier molecular flexibility index (Phi) is 5.14. The van der Waals surface area contributed by atoms with Crippen molar-refractivity contribution in [1.82, 2.24) is 19.8 Å². The zero-order valence-electron chi connectivity index (χ0n) is 16.0. The van der Waals surface area contributed by atoms with Crippen LogP contribution in [0, 0.1) is 0 Å². The van der Waals surface area contributed by atoms with Crippen molar-refractivity contribution in [2.75, 3.05) is 0 Å². The number of aromatic nitrogens is 2. The van der Waals surface area contributed by atoms with Gasteiger partial charge in [-0.3, -0.25) is 4.98 Å². The Morgan fingerprint density at radius 1 is 1.03 bits per heavy atom. The summed E-state index contributed by atoms with van der Waals surface area (Å²) in [4.78, 5) is 7.12. The maximum atomic E-state index is 5.86. The maximum Gasteiger partial charge on any atom is 0.170 e. The van der Waals surface area contributed by atoms with Gasteiger partial charge in [-0.05, 0) is 67.5 Å². The molecule has 1 aliphatic heterocycles. The molecule has 4 nitrogen and oxygen atoms in total. The molecule has 3 aromatic rings. The molecule has 1 aromatic carbocycles. The summed E-state index contributed by atoms with van der Waals surface area (Å²) in [6, 6.07) is 19.5. The molecular formula is C23H23BrN4S. The number of benzene rings is 1. The summed E-state index contributed by atoms with van der Waals surface area (Å²) in [6.07, 6.45) is 8.95. The zero-order chi connectivity index (χ0) is 19.8. The molecule has 148 valence electrons. The number of pyridine rings is 1. The minimum absolute atomic E-state index is 0.0325. The third kappa shape index (κ3) is 3.49. The van der Waals surface area contributed by atoms with Gasteiger partial charge in [0.15, 0.2) is 5.11 Å². The van der Waals surface area contributed by atoms with E-state index in [1.807, 2.05) is 12.3 Å². The minimum Gasteiger partial charge on any atom is -0.352 e. The highest BCUT2D eigenvalue weighted by Crippen LogP contribution is 2.43. The van der Waals surface area contributed by atoms with Gasteiger partial charge in [-0.15, -0.1) is 0 Å². The average Bonchev–Trinajstić information content (AvgIpc) is 3.48. The van der Waals surface area contributed by atoms with E-state index in [1.54, 1.807) is 0 Å². The van der Waals surface area contributed by atoms with Crippen LogP contribution in [0.5, 0.6) is 0 Å². The van der Waals surface area contributed by atoms with Crippen LogP contribution in [-0.4, -0.2) is 25.6 Å². The van der Waals surface area contributed by atoms with Crippen LogP contribution in [0.15, 0.2) is 71.5 Å². The van der Waals surface area contributed by atoms with E-state index in [9.17, 15) is 0 Å². The van der Waals surface area contributed by atoms with Crippen molar-refractivity contribution in [2.24, 2.45) is 0 Å². The van der Waals surface area contributed by atoms with Gasteiger partial charge in [0, 0.05) is 34.3 Å². The van der Waals surface area contributed by atoms with Crippen LogP contribution in [0.2, 0.25) is 0 Å². The van der Waals surface area contributed by atoms with Gasteiger partial charge in [0.1, 0.15) is 0 Å². The number of nitrogens with one attached hydrogen (secondary N) is 1. The number of hydrogen-bond acceptors (Lipinski definition) is 2. The van der Waals surface area contributed by atoms with Crippen molar-refractivity contribution in [2.45, 2.75) is 43.8 Å². The van der Waals surface area contributed by atoms with Crippen molar-refractivity contribution >= 4 is 33.3 Å². The molecule has 0 amide bonds. The highest BCUT2D eigenvalue weighted by atomic mass is 79.9. The van der Waals surface area contributed by atoms with Crippen molar-refractivity contribution in [1.29, 1.82) is 0 Å². The minimum atomic E-state index is 0.0325. The average molecular weight is 467 g/mol. The molecule has 1 N–H and O–H groups in total. The molecule has 2 fully saturated rings. The van der Waals surface area contributed by atoms with E-state index in [0.717, 1.165) is 21.0 Å². The van der Waals surface area contributed by atoms with Gasteiger partial charge in [0.05, 0.1) is 17.8 Å². The molecule has 29 heavy (non-hydrogen) atoms. The van der Waals surface area contributed by atoms with Crippen LogP contribution in [0.4, 0.5) is 0 Å². The monoisotopic (exact) mass is 466 g/mol. The Morgan fingerprint density at radius 2 is 1.90 bits per heavy atom. The highest BCUT2D eigenvalue weighted by Gasteiger charge is 2.44. The van der Waals surface area contributed by atoms with Crippen molar-refractivity contribution in [3.63, 3.8) is 0 Å². The molecule has 1 aliphatic carbocycles. The van der Waals surface area contributed by atoms with Crippen molar-refractivity contribution in [3.05, 3.63) is 82.9 Å². The number of thiocarbonyl (C=S) groups is 1. The summed E-state index contributed by atoms with van der Waals surface area (Å²) in [5.41, 5.74) is 3.41. The predicted molar refractivity (Wildman–Crippen MR) is 123 cm³/mol. The summed E-state index contributed by atoms with van der Waals surface area (Å²) in [5, 5.41) is 4.44. The maximum absolute atomic E-state index is 5.86. The third-order valence-corrected chi connectivity index (χ3v) is 6.85. The highest BCUT2D eigenvalue weighted by molar-refractivity contribution is 9.10. The first kappa shape index (κ1) is 18.8. The van der Waals surface area contributed by atoms with E-state index in [0.29, 0.717) is 6.04 Å². The molecule has 0 spiro atoms. The second kappa shape index (κ2) is 7.92. The lowest BCUT2D eigenvalue weighted by molar-refractivity contribution is 0.239.